The van der Waals surface area contributed by atoms with E-state index < -0.39 is 6.61 Å². The summed E-state index contributed by atoms with van der Waals surface area (Å²) in [6, 6.07) is 13.5. The summed E-state index contributed by atoms with van der Waals surface area (Å²) in [7, 11) is 0. The minimum Gasteiger partial charge on any atom is -0.434 e. The number of amides is 2. The number of nitrogens with one attached hydrogen (secondary N) is 2. The second kappa shape index (κ2) is 9.12. The number of halogens is 2. The maximum Gasteiger partial charge on any atom is 0.387 e. The monoisotopic (exact) mass is 386 g/mol. The molecule has 2 N–H and O–H groups in total. The highest BCUT2D eigenvalue weighted by atomic mass is 19.3. The number of carbonyl (C=O) groups is 2. The Labute approximate surface area is 161 Å². The zero-order chi connectivity index (χ0) is 19.9. The molecule has 7 heteroatoms. The fourth-order valence-electron chi connectivity index (χ4n) is 2.52. The molecule has 1 aliphatic rings. The molecule has 0 atom stereocenters. The predicted octanol–water partition coefficient (Wildman–Crippen LogP) is 3.51. The van der Waals surface area contributed by atoms with Crippen molar-refractivity contribution in [3.05, 3.63) is 71.3 Å². The lowest BCUT2D eigenvalue weighted by atomic mass is 10.1. The lowest BCUT2D eigenvalue weighted by molar-refractivity contribution is -0.116. The quantitative estimate of drug-likeness (QED) is 0.683. The third kappa shape index (κ3) is 5.90. The van der Waals surface area contributed by atoms with Crippen molar-refractivity contribution >= 4 is 17.9 Å². The van der Waals surface area contributed by atoms with Crippen LogP contribution in [0.3, 0.4) is 0 Å². The van der Waals surface area contributed by atoms with Crippen molar-refractivity contribution in [1.82, 2.24) is 10.6 Å². The fraction of sp³-hybridized carbons (Fsp3) is 0.238. The van der Waals surface area contributed by atoms with Gasteiger partial charge in [0.25, 0.3) is 5.91 Å². The van der Waals surface area contributed by atoms with E-state index in [0.717, 1.165) is 18.4 Å². The maximum absolute atomic E-state index is 12.4. The van der Waals surface area contributed by atoms with Gasteiger partial charge in [-0.2, -0.15) is 8.78 Å². The van der Waals surface area contributed by atoms with Crippen molar-refractivity contribution in [2.45, 2.75) is 32.0 Å². The molecule has 2 aromatic rings. The standard InChI is InChI=1S/C21H20F2N2O3/c22-21(23)28-18-4-2-1-3-16(18)13-24-19(26)12-7-14-5-8-15(9-6-14)20(27)25-17-10-11-17/h1-9,12,17,21H,10-11,13H2,(H,24,26)(H,25,27)/b12-7+. The third-order valence-electron chi connectivity index (χ3n) is 4.15. The largest absolute Gasteiger partial charge is 0.434 e. The first kappa shape index (κ1) is 19.5. The number of hydrogen-bond acceptors (Lipinski definition) is 3. The van der Waals surface area contributed by atoms with Gasteiger partial charge in [-0.05, 0) is 42.7 Å². The van der Waals surface area contributed by atoms with E-state index in [2.05, 4.69) is 15.4 Å². The van der Waals surface area contributed by atoms with E-state index >= 15 is 0 Å². The van der Waals surface area contributed by atoms with Crippen LogP contribution in [0.5, 0.6) is 5.75 Å². The fourth-order valence-corrected chi connectivity index (χ4v) is 2.52. The summed E-state index contributed by atoms with van der Waals surface area (Å²) in [6.07, 6.45) is 5.01. The summed E-state index contributed by atoms with van der Waals surface area (Å²) < 4.78 is 29.2. The van der Waals surface area contributed by atoms with E-state index in [-0.39, 0.29) is 24.1 Å². The Morgan fingerprint density at radius 2 is 1.82 bits per heavy atom. The Bertz CT molecular complexity index is 862. The number of carbonyl (C=O) groups excluding carboxylic acids is 2. The molecule has 2 amide bonds. The topological polar surface area (TPSA) is 67.4 Å². The van der Waals surface area contributed by atoms with Gasteiger partial charge in [-0.3, -0.25) is 9.59 Å². The highest BCUT2D eigenvalue weighted by Gasteiger charge is 2.23. The van der Waals surface area contributed by atoms with Gasteiger partial charge in [0.1, 0.15) is 5.75 Å². The van der Waals surface area contributed by atoms with Crippen molar-refractivity contribution in [3.63, 3.8) is 0 Å². The van der Waals surface area contributed by atoms with Gasteiger partial charge in [0.05, 0.1) is 0 Å². The molecule has 0 unspecified atom stereocenters. The van der Waals surface area contributed by atoms with Gasteiger partial charge >= 0.3 is 6.61 Å². The van der Waals surface area contributed by atoms with Gasteiger partial charge in [-0.15, -0.1) is 0 Å². The van der Waals surface area contributed by atoms with Crippen molar-refractivity contribution in [2.75, 3.05) is 0 Å². The Morgan fingerprint density at radius 3 is 2.50 bits per heavy atom. The molecule has 28 heavy (non-hydrogen) atoms. The zero-order valence-corrected chi connectivity index (χ0v) is 15.0. The molecular weight excluding hydrogens is 366 g/mol. The van der Waals surface area contributed by atoms with E-state index in [1.165, 1.54) is 12.1 Å². The summed E-state index contributed by atoms with van der Waals surface area (Å²) >= 11 is 0. The first-order chi connectivity index (χ1) is 13.5. The molecular formula is C21H20F2N2O3. The third-order valence-corrected chi connectivity index (χ3v) is 4.15. The summed E-state index contributed by atoms with van der Waals surface area (Å²) in [5.41, 5.74) is 1.79. The molecule has 1 aliphatic carbocycles. The van der Waals surface area contributed by atoms with E-state index in [0.29, 0.717) is 17.2 Å². The van der Waals surface area contributed by atoms with E-state index in [1.54, 1.807) is 48.5 Å². The van der Waals surface area contributed by atoms with Crippen LogP contribution >= 0.6 is 0 Å². The van der Waals surface area contributed by atoms with Crippen LogP contribution in [0.25, 0.3) is 6.08 Å². The van der Waals surface area contributed by atoms with E-state index in [4.69, 9.17) is 0 Å². The van der Waals surface area contributed by atoms with Gasteiger partial charge in [-0.1, -0.05) is 30.3 Å². The Morgan fingerprint density at radius 1 is 1.11 bits per heavy atom. The van der Waals surface area contributed by atoms with E-state index in [1.807, 2.05) is 0 Å². The van der Waals surface area contributed by atoms with Crippen LogP contribution in [0.2, 0.25) is 0 Å². The molecule has 1 fully saturated rings. The number of para-hydroxylation sites is 1. The maximum atomic E-state index is 12.4. The molecule has 0 saturated heterocycles. The molecule has 3 rings (SSSR count). The minimum absolute atomic E-state index is 0.0295. The van der Waals surface area contributed by atoms with Crippen LogP contribution in [0.4, 0.5) is 8.78 Å². The van der Waals surface area contributed by atoms with Crippen LogP contribution in [0.1, 0.15) is 34.3 Å². The van der Waals surface area contributed by atoms with Gasteiger partial charge in [0.2, 0.25) is 5.91 Å². The highest BCUT2D eigenvalue weighted by molar-refractivity contribution is 5.95. The average molecular weight is 386 g/mol. The number of alkyl halides is 2. The first-order valence-electron chi connectivity index (χ1n) is 8.91. The average Bonchev–Trinajstić information content (AvgIpc) is 3.49. The van der Waals surface area contributed by atoms with Gasteiger partial charge in [0, 0.05) is 29.8 Å². The summed E-state index contributed by atoms with van der Waals surface area (Å²) in [5, 5.41) is 5.54. The van der Waals surface area contributed by atoms with Crippen molar-refractivity contribution in [3.8, 4) is 5.75 Å². The van der Waals surface area contributed by atoms with Crippen LogP contribution in [-0.2, 0) is 11.3 Å². The molecule has 0 bridgehead atoms. The molecule has 0 aliphatic heterocycles. The summed E-state index contributed by atoms with van der Waals surface area (Å²) in [6.45, 7) is -2.86. The Balaban J connectivity index is 1.52. The molecule has 0 heterocycles. The highest BCUT2D eigenvalue weighted by Crippen LogP contribution is 2.20. The van der Waals surface area contributed by atoms with Crippen molar-refractivity contribution in [1.29, 1.82) is 0 Å². The van der Waals surface area contributed by atoms with Gasteiger partial charge in [-0.25, -0.2) is 0 Å². The zero-order valence-electron chi connectivity index (χ0n) is 15.0. The minimum atomic E-state index is -2.92. The van der Waals surface area contributed by atoms with Gasteiger partial charge in [0.15, 0.2) is 0 Å². The lowest BCUT2D eigenvalue weighted by Crippen LogP contribution is -2.25. The first-order valence-corrected chi connectivity index (χ1v) is 8.91. The van der Waals surface area contributed by atoms with Crippen LogP contribution in [0.15, 0.2) is 54.6 Å². The molecule has 2 aromatic carbocycles. The Hall–Kier alpha value is -3.22. The number of ether oxygens (including phenoxy) is 1. The van der Waals surface area contributed by atoms with E-state index in [9.17, 15) is 18.4 Å². The number of hydrogen-bond donors (Lipinski definition) is 2. The van der Waals surface area contributed by atoms with Crippen LogP contribution in [0, 0.1) is 0 Å². The molecule has 1 saturated carbocycles. The normalized spacial score (nSPS) is 13.5. The van der Waals surface area contributed by atoms with Crippen molar-refractivity contribution in [2.24, 2.45) is 0 Å². The summed E-state index contributed by atoms with van der Waals surface area (Å²) in [5.74, 6) is -0.440. The number of rotatable bonds is 8. The SMILES string of the molecule is O=C(/C=C/c1ccc(C(=O)NC2CC2)cc1)NCc1ccccc1OC(F)F. The van der Waals surface area contributed by atoms with Crippen LogP contribution < -0.4 is 15.4 Å². The molecule has 5 nitrogen and oxygen atoms in total. The predicted molar refractivity (Wildman–Crippen MR) is 101 cm³/mol. The second-order valence-electron chi connectivity index (χ2n) is 6.41. The smallest absolute Gasteiger partial charge is 0.387 e. The molecule has 0 aromatic heterocycles. The molecule has 0 radical (unpaired) electrons. The van der Waals surface area contributed by atoms with Crippen LogP contribution in [-0.4, -0.2) is 24.5 Å². The summed E-state index contributed by atoms with van der Waals surface area (Å²) in [4.78, 5) is 23.9. The van der Waals surface area contributed by atoms with Gasteiger partial charge < -0.3 is 15.4 Å². The Kier molecular flexibility index (Phi) is 6.37. The lowest BCUT2D eigenvalue weighted by Gasteiger charge is -2.10. The number of benzene rings is 2. The molecule has 0 spiro atoms. The molecule has 146 valence electrons. The van der Waals surface area contributed by atoms with Crippen molar-refractivity contribution < 1.29 is 23.1 Å². The second-order valence-corrected chi connectivity index (χ2v) is 6.41.